The largest absolute Gasteiger partial charge is 0.493 e. The van der Waals surface area contributed by atoms with Crippen LogP contribution < -0.4 is 14.4 Å². The number of piperazine rings is 1. The number of hydrogen-bond donors (Lipinski definition) is 0. The second kappa shape index (κ2) is 13.1. The van der Waals surface area contributed by atoms with Crippen molar-refractivity contribution in [1.82, 2.24) is 4.90 Å². The van der Waals surface area contributed by atoms with E-state index in [4.69, 9.17) is 32.7 Å². The van der Waals surface area contributed by atoms with Crippen LogP contribution in [0.1, 0.15) is 22.3 Å². The molecular formula is C30H23Cl2F6N3O3S. The van der Waals surface area contributed by atoms with Crippen LogP contribution in [0.5, 0.6) is 11.5 Å². The van der Waals surface area contributed by atoms with Gasteiger partial charge in [0.15, 0.2) is 16.7 Å². The van der Waals surface area contributed by atoms with Crippen LogP contribution in [0.2, 0.25) is 10.0 Å². The average Bonchev–Trinajstić information content (AvgIpc) is 3.36. The molecule has 1 fully saturated rings. The number of thioether (sulfide) groups is 1. The lowest BCUT2D eigenvalue weighted by atomic mass is 10.0. The highest BCUT2D eigenvalue weighted by atomic mass is 35.5. The molecule has 1 amide bonds. The van der Waals surface area contributed by atoms with Crippen molar-refractivity contribution in [3.05, 3.63) is 91.8 Å². The minimum absolute atomic E-state index is 0.0621. The van der Waals surface area contributed by atoms with E-state index in [-0.39, 0.29) is 17.6 Å². The maximum atomic E-state index is 13.5. The highest BCUT2D eigenvalue weighted by molar-refractivity contribution is 8.18. The van der Waals surface area contributed by atoms with E-state index in [0.717, 1.165) is 11.8 Å². The van der Waals surface area contributed by atoms with Gasteiger partial charge in [-0.05, 0) is 59.8 Å². The Kier molecular flexibility index (Phi) is 9.52. The zero-order valence-electron chi connectivity index (χ0n) is 23.3. The number of nitrogens with zero attached hydrogens (tertiary/aromatic N) is 3. The van der Waals surface area contributed by atoms with Crippen LogP contribution in [-0.2, 0) is 23.8 Å². The summed E-state index contributed by atoms with van der Waals surface area (Å²) in [5.74, 6) is -0.207. The molecule has 2 aliphatic rings. The molecule has 0 saturated carbocycles. The Morgan fingerprint density at radius 1 is 0.911 bits per heavy atom. The summed E-state index contributed by atoms with van der Waals surface area (Å²) in [4.78, 5) is 21.4. The second-order valence-electron chi connectivity index (χ2n) is 9.92. The summed E-state index contributed by atoms with van der Waals surface area (Å²) < 4.78 is 90.4. The minimum atomic E-state index is -5.02. The van der Waals surface area contributed by atoms with Crippen LogP contribution in [0.3, 0.4) is 0 Å². The van der Waals surface area contributed by atoms with Crippen LogP contribution in [0.25, 0.3) is 6.08 Å². The zero-order chi connectivity index (χ0) is 32.5. The smallest absolute Gasteiger partial charge is 0.416 e. The van der Waals surface area contributed by atoms with Gasteiger partial charge in [-0.3, -0.25) is 4.79 Å². The van der Waals surface area contributed by atoms with Crippen LogP contribution in [0, 0.1) is 0 Å². The van der Waals surface area contributed by atoms with Gasteiger partial charge < -0.3 is 19.3 Å². The van der Waals surface area contributed by atoms with Crippen molar-refractivity contribution in [1.29, 1.82) is 0 Å². The molecule has 238 valence electrons. The standard InChI is InChI=1S/C30H23Cl2F6N3O3S/c1-43-24-13-17(5-8-23(24)44-16-18-6-7-19(29(33,34)35)15-20(18)30(36,37)38)14-25-27(42)39-28(45-25)41-11-9-40(10-12-41)22-4-2-3-21(31)26(22)32/h2-8,13-15H,9-12,16H2,1H3/b25-14-. The lowest BCUT2D eigenvalue weighted by Crippen LogP contribution is -2.47. The van der Waals surface area contributed by atoms with Crippen molar-refractivity contribution < 1.29 is 40.6 Å². The number of hydrogen-bond acceptors (Lipinski definition) is 6. The summed E-state index contributed by atoms with van der Waals surface area (Å²) >= 11 is 13.7. The summed E-state index contributed by atoms with van der Waals surface area (Å²) in [6.07, 6.45) is -8.35. The summed E-state index contributed by atoms with van der Waals surface area (Å²) in [6, 6.07) is 11.4. The molecule has 0 bridgehead atoms. The van der Waals surface area contributed by atoms with E-state index >= 15 is 0 Å². The topological polar surface area (TPSA) is 54.4 Å². The Balaban J connectivity index is 1.25. The molecule has 3 aromatic carbocycles. The Hall–Kier alpha value is -3.55. The number of carbonyl (C=O) groups is 1. The fourth-order valence-corrected chi connectivity index (χ4v) is 6.13. The summed E-state index contributed by atoms with van der Waals surface area (Å²) in [5, 5.41) is 1.52. The van der Waals surface area contributed by atoms with Gasteiger partial charge in [0.2, 0.25) is 0 Å². The van der Waals surface area contributed by atoms with Crippen molar-refractivity contribution in [2.45, 2.75) is 19.0 Å². The fourth-order valence-electron chi connectivity index (χ4n) is 4.75. The molecule has 1 saturated heterocycles. The van der Waals surface area contributed by atoms with Crippen LogP contribution >= 0.6 is 35.0 Å². The third-order valence-electron chi connectivity index (χ3n) is 7.04. The molecule has 0 atom stereocenters. The molecule has 0 aliphatic carbocycles. The minimum Gasteiger partial charge on any atom is -0.493 e. The maximum Gasteiger partial charge on any atom is 0.416 e. The first-order chi connectivity index (χ1) is 21.2. The van der Waals surface area contributed by atoms with Crippen LogP contribution in [0.4, 0.5) is 32.0 Å². The van der Waals surface area contributed by atoms with Crippen molar-refractivity contribution in [2.75, 3.05) is 38.2 Å². The van der Waals surface area contributed by atoms with E-state index in [2.05, 4.69) is 9.89 Å². The monoisotopic (exact) mass is 689 g/mol. The Morgan fingerprint density at radius 2 is 1.62 bits per heavy atom. The predicted molar refractivity (Wildman–Crippen MR) is 162 cm³/mol. The highest BCUT2D eigenvalue weighted by Gasteiger charge is 2.38. The first kappa shape index (κ1) is 32.8. The van der Waals surface area contributed by atoms with E-state index < -0.39 is 41.6 Å². The molecule has 0 N–H and O–H groups in total. The van der Waals surface area contributed by atoms with Gasteiger partial charge in [-0.25, -0.2) is 0 Å². The Bertz CT molecular complexity index is 1670. The number of halogens is 8. The lowest BCUT2D eigenvalue weighted by Gasteiger charge is -2.37. The molecule has 5 rings (SSSR count). The number of amides is 1. The Labute approximate surface area is 268 Å². The number of benzene rings is 3. The predicted octanol–water partition coefficient (Wildman–Crippen LogP) is 8.41. The van der Waals surface area contributed by atoms with E-state index in [1.54, 1.807) is 18.2 Å². The quantitative estimate of drug-likeness (QED) is 0.191. The number of methoxy groups -OCH3 is 1. The van der Waals surface area contributed by atoms with Gasteiger partial charge in [0.1, 0.15) is 6.61 Å². The van der Waals surface area contributed by atoms with Gasteiger partial charge in [0.25, 0.3) is 5.91 Å². The molecule has 2 aliphatic heterocycles. The number of alkyl halides is 6. The third-order valence-corrected chi connectivity index (χ3v) is 8.90. The highest BCUT2D eigenvalue weighted by Crippen LogP contribution is 2.39. The molecule has 3 aromatic rings. The molecule has 2 heterocycles. The maximum absolute atomic E-state index is 13.5. The van der Waals surface area contributed by atoms with Crippen molar-refractivity contribution >= 4 is 57.8 Å². The van der Waals surface area contributed by atoms with Crippen molar-refractivity contribution in [2.24, 2.45) is 4.99 Å². The number of rotatable bonds is 6. The van der Waals surface area contributed by atoms with Crippen LogP contribution in [-0.4, -0.2) is 49.3 Å². The zero-order valence-corrected chi connectivity index (χ0v) is 25.6. The van der Waals surface area contributed by atoms with Crippen molar-refractivity contribution in [3.63, 3.8) is 0 Å². The third kappa shape index (κ3) is 7.47. The normalized spacial score (nSPS) is 16.8. The van der Waals surface area contributed by atoms with Gasteiger partial charge >= 0.3 is 12.4 Å². The second-order valence-corrected chi connectivity index (χ2v) is 11.7. The Morgan fingerprint density at radius 3 is 2.29 bits per heavy atom. The molecule has 0 spiro atoms. The lowest BCUT2D eigenvalue weighted by molar-refractivity contribution is -0.143. The number of aliphatic imine (C=N–C) groups is 1. The average molecular weight is 690 g/mol. The SMILES string of the molecule is COc1cc(/C=C2\SC(N3CCN(c4cccc(Cl)c4Cl)CC3)=NC2=O)ccc1OCc1ccc(C(F)(F)F)cc1C(F)(F)F. The summed E-state index contributed by atoms with van der Waals surface area (Å²) in [5.41, 5.74) is -1.96. The number of carbonyl (C=O) groups excluding carboxylic acids is 1. The van der Waals surface area contributed by atoms with Crippen molar-refractivity contribution in [3.8, 4) is 11.5 Å². The van der Waals surface area contributed by atoms with Gasteiger partial charge in [0, 0.05) is 31.7 Å². The molecular weight excluding hydrogens is 667 g/mol. The molecule has 0 aromatic heterocycles. The van der Waals surface area contributed by atoms with E-state index in [1.807, 2.05) is 17.0 Å². The molecule has 0 unspecified atom stereocenters. The van der Waals surface area contributed by atoms with Gasteiger partial charge in [-0.1, -0.05) is 41.4 Å². The van der Waals surface area contributed by atoms with E-state index in [1.165, 1.54) is 31.0 Å². The molecule has 15 heteroatoms. The number of amidine groups is 1. The van der Waals surface area contributed by atoms with Crippen LogP contribution in [0.15, 0.2) is 64.5 Å². The van der Waals surface area contributed by atoms with Gasteiger partial charge in [-0.2, -0.15) is 31.3 Å². The molecule has 45 heavy (non-hydrogen) atoms. The van der Waals surface area contributed by atoms with Gasteiger partial charge in [-0.15, -0.1) is 0 Å². The van der Waals surface area contributed by atoms with Gasteiger partial charge in [0.05, 0.1) is 38.9 Å². The fraction of sp³-hybridized carbons (Fsp3) is 0.267. The molecule has 6 nitrogen and oxygen atoms in total. The first-order valence-electron chi connectivity index (χ1n) is 13.3. The van der Waals surface area contributed by atoms with E-state index in [0.29, 0.717) is 57.9 Å². The summed E-state index contributed by atoms with van der Waals surface area (Å²) in [6.45, 7) is 1.82. The first-order valence-corrected chi connectivity index (χ1v) is 14.9. The van der Waals surface area contributed by atoms with E-state index in [9.17, 15) is 31.1 Å². The number of anilines is 1. The summed E-state index contributed by atoms with van der Waals surface area (Å²) in [7, 11) is 1.32. The number of ether oxygens (including phenoxy) is 2. The molecule has 0 radical (unpaired) electrons.